The molecule has 0 heterocycles. The molecule has 0 aliphatic rings. The Labute approximate surface area is 168 Å². The SMILES string of the molecule is COc1cccc(OC)c1C(=O)OCC(=O)Nc1c(Br)cc(C)cc1Br. The lowest BCUT2D eigenvalue weighted by Crippen LogP contribution is -2.22. The molecular formula is C18H17Br2NO5. The third kappa shape index (κ3) is 4.76. The highest BCUT2D eigenvalue weighted by molar-refractivity contribution is 9.11. The predicted octanol–water partition coefficient (Wildman–Crippen LogP) is 4.33. The lowest BCUT2D eigenvalue weighted by Gasteiger charge is -2.13. The van der Waals surface area contributed by atoms with Crippen molar-refractivity contribution in [3.05, 3.63) is 50.4 Å². The Hall–Kier alpha value is -2.06. The maximum atomic E-state index is 12.4. The van der Waals surface area contributed by atoms with Crippen molar-refractivity contribution in [2.45, 2.75) is 6.92 Å². The molecule has 0 aromatic heterocycles. The van der Waals surface area contributed by atoms with Crippen LogP contribution in [-0.4, -0.2) is 32.7 Å². The van der Waals surface area contributed by atoms with Crippen LogP contribution in [0.4, 0.5) is 5.69 Å². The molecule has 138 valence electrons. The van der Waals surface area contributed by atoms with Gasteiger partial charge in [-0.15, -0.1) is 0 Å². The maximum absolute atomic E-state index is 12.4. The summed E-state index contributed by atoms with van der Waals surface area (Å²) in [6.07, 6.45) is 0. The molecule has 0 saturated carbocycles. The van der Waals surface area contributed by atoms with E-state index in [4.69, 9.17) is 14.2 Å². The van der Waals surface area contributed by atoms with E-state index in [0.29, 0.717) is 17.2 Å². The zero-order chi connectivity index (χ0) is 19.3. The molecular weight excluding hydrogens is 470 g/mol. The van der Waals surface area contributed by atoms with Crippen molar-refractivity contribution in [3.63, 3.8) is 0 Å². The van der Waals surface area contributed by atoms with Gasteiger partial charge in [-0.2, -0.15) is 0 Å². The van der Waals surface area contributed by atoms with Gasteiger partial charge < -0.3 is 19.5 Å². The zero-order valence-corrected chi connectivity index (χ0v) is 17.6. The summed E-state index contributed by atoms with van der Waals surface area (Å²) in [6.45, 7) is 1.48. The van der Waals surface area contributed by atoms with E-state index in [9.17, 15) is 9.59 Å². The fraction of sp³-hybridized carbons (Fsp3) is 0.222. The van der Waals surface area contributed by atoms with Crippen LogP contribution in [-0.2, 0) is 9.53 Å². The van der Waals surface area contributed by atoms with Crippen LogP contribution in [0.2, 0.25) is 0 Å². The molecule has 0 atom stereocenters. The highest BCUT2D eigenvalue weighted by Gasteiger charge is 2.21. The number of amides is 1. The summed E-state index contributed by atoms with van der Waals surface area (Å²) >= 11 is 6.79. The first-order valence-electron chi connectivity index (χ1n) is 7.51. The van der Waals surface area contributed by atoms with Gasteiger partial charge in [-0.05, 0) is 68.6 Å². The van der Waals surface area contributed by atoms with Crippen molar-refractivity contribution in [3.8, 4) is 11.5 Å². The van der Waals surface area contributed by atoms with E-state index in [0.717, 1.165) is 14.5 Å². The monoisotopic (exact) mass is 485 g/mol. The van der Waals surface area contributed by atoms with E-state index >= 15 is 0 Å². The van der Waals surface area contributed by atoms with Gasteiger partial charge in [-0.1, -0.05) is 6.07 Å². The molecule has 0 unspecified atom stereocenters. The number of nitrogens with one attached hydrogen (secondary N) is 1. The topological polar surface area (TPSA) is 73.9 Å². The van der Waals surface area contributed by atoms with Crippen LogP contribution in [0.25, 0.3) is 0 Å². The molecule has 0 bridgehead atoms. The summed E-state index contributed by atoms with van der Waals surface area (Å²) in [5.41, 5.74) is 1.71. The standard InChI is InChI=1S/C18H17Br2NO5/c1-10-7-11(19)17(12(20)8-10)21-15(22)9-26-18(23)16-13(24-2)5-4-6-14(16)25-3/h4-8H,9H2,1-3H3,(H,21,22). The quantitative estimate of drug-likeness (QED) is 0.615. The summed E-state index contributed by atoms with van der Waals surface area (Å²) in [6, 6.07) is 8.64. The fourth-order valence-electron chi connectivity index (χ4n) is 2.25. The predicted molar refractivity (Wildman–Crippen MR) is 105 cm³/mol. The number of esters is 1. The van der Waals surface area contributed by atoms with E-state index in [1.165, 1.54) is 14.2 Å². The number of carbonyl (C=O) groups is 2. The third-order valence-corrected chi connectivity index (χ3v) is 4.67. The Balaban J connectivity index is 2.08. The number of hydrogen-bond acceptors (Lipinski definition) is 5. The second-order valence-corrected chi connectivity index (χ2v) is 6.97. The molecule has 1 amide bonds. The summed E-state index contributed by atoms with van der Waals surface area (Å²) in [7, 11) is 2.87. The maximum Gasteiger partial charge on any atom is 0.346 e. The summed E-state index contributed by atoms with van der Waals surface area (Å²) in [4.78, 5) is 24.5. The first kappa shape index (κ1) is 20.3. The van der Waals surface area contributed by atoms with Crippen molar-refractivity contribution in [1.29, 1.82) is 0 Å². The number of carbonyl (C=O) groups excluding carboxylic acids is 2. The molecule has 2 aromatic rings. The minimum Gasteiger partial charge on any atom is -0.496 e. The second kappa shape index (κ2) is 9.05. The van der Waals surface area contributed by atoms with Crippen molar-refractivity contribution < 1.29 is 23.8 Å². The van der Waals surface area contributed by atoms with Crippen LogP contribution in [0.1, 0.15) is 15.9 Å². The Morgan fingerprint density at radius 1 is 1.04 bits per heavy atom. The number of methoxy groups -OCH3 is 2. The number of aryl methyl sites for hydroxylation is 1. The van der Waals surface area contributed by atoms with Crippen molar-refractivity contribution in [1.82, 2.24) is 0 Å². The number of ether oxygens (including phenoxy) is 3. The Morgan fingerprint density at radius 2 is 1.58 bits per heavy atom. The zero-order valence-electron chi connectivity index (χ0n) is 14.4. The van der Waals surface area contributed by atoms with Crippen LogP contribution in [0.5, 0.6) is 11.5 Å². The molecule has 0 aliphatic heterocycles. The smallest absolute Gasteiger partial charge is 0.346 e. The number of hydrogen-bond donors (Lipinski definition) is 1. The van der Waals surface area contributed by atoms with E-state index in [-0.39, 0.29) is 5.56 Å². The minimum absolute atomic E-state index is 0.128. The van der Waals surface area contributed by atoms with Crippen LogP contribution in [0.15, 0.2) is 39.3 Å². The third-order valence-electron chi connectivity index (χ3n) is 3.42. The molecule has 2 rings (SSSR count). The van der Waals surface area contributed by atoms with Gasteiger partial charge >= 0.3 is 5.97 Å². The van der Waals surface area contributed by atoms with Gasteiger partial charge in [0.1, 0.15) is 17.1 Å². The molecule has 0 fully saturated rings. The second-order valence-electron chi connectivity index (χ2n) is 5.27. The van der Waals surface area contributed by atoms with E-state index in [1.807, 2.05) is 19.1 Å². The van der Waals surface area contributed by atoms with Gasteiger partial charge in [0, 0.05) is 8.95 Å². The summed E-state index contributed by atoms with van der Waals surface area (Å²) < 4.78 is 16.9. The number of anilines is 1. The molecule has 26 heavy (non-hydrogen) atoms. The minimum atomic E-state index is -0.712. The van der Waals surface area contributed by atoms with Crippen LogP contribution in [0.3, 0.4) is 0 Å². The normalized spacial score (nSPS) is 10.2. The van der Waals surface area contributed by atoms with Crippen molar-refractivity contribution in [2.75, 3.05) is 26.1 Å². The van der Waals surface area contributed by atoms with Gasteiger partial charge in [-0.3, -0.25) is 4.79 Å². The van der Waals surface area contributed by atoms with Crippen LogP contribution < -0.4 is 14.8 Å². The Morgan fingerprint density at radius 3 is 2.08 bits per heavy atom. The number of halogens is 2. The average Bonchev–Trinajstić information content (AvgIpc) is 2.61. The van der Waals surface area contributed by atoms with E-state index < -0.39 is 18.5 Å². The first-order chi connectivity index (χ1) is 12.4. The molecule has 0 aliphatic carbocycles. The molecule has 8 heteroatoms. The van der Waals surface area contributed by atoms with Gasteiger partial charge in [0.05, 0.1) is 19.9 Å². The van der Waals surface area contributed by atoms with Gasteiger partial charge in [0.25, 0.3) is 5.91 Å². The molecule has 0 saturated heterocycles. The highest BCUT2D eigenvalue weighted by atomic mass is 79.9. The van der Waals surface area contributed by atoms with Gasteiger partial charge in [-0.25, -0.2) is 4.79 Å². The van der Waals surface area contributed by atoms with Crippen molar-refractivity contribution in [2.24, 2.45) is 0 Å². The molecule has 0 spiro atoms. The van der Waals surface area contributed by atoms with Crippen LogP contribution in [0, 0.1) is 6.92 Å². The lowest BCUT2D eigenvalue weighted by atomic mass is 10.2. The fourth-order valence-corrected chi connectivity index (χ4v) is 3.86. The van der Waals surface area contributed by atoms with E-state index in [1.54, 1.807) is 18.2 Å². The molecule has 6 nitrogen and oxygen atoms in total. The Bertz CT molecular complexity index is 793. The van der Waals surface area contributed by atoms with E-state index in [2.05, 4.69) is 37.2 Å². The molecule has 0 radical (unpaired) electrons. The van der Waals surface area contributed by atoms with Crippen LogP contribution >= 0.6 is 31.9 Å². The summed E-state index contributed by atoms with van der Waals surface area (Å²) in [5.74, 6) is -0.577. The number of rotatable bonds is 6. The average molecular weight is 487 g/mol. The molecule has 2 aromatic carbocycles. The van der Waals surface area contributed by atoms with Gasteiger partial charge in [0.2, 0.25) is 0 Å². The summed E-state index contributed by atoms with van der Waals surface area (Å²) in [5, 5.41) is 2.70. The Kier molecular flexibility index (Phi) is 7.05. The lowest BCUT2D eigenvalue weighted by molar-refractivity contribution is -0.119. The van der Waals surface area contributed by atoms with Gasteiger partial charge in [0.15, 0.2) is 6.61 Å². The number of benzene rings is 2. The molecule has 1 N–H and O–H groups in total. The highest BCUT2D eigenvalue weighted by Crippen LogP contribution is 2.32. The van der Waals surface area contributed by atoms with Crippen molar-refractivity contribution >= 4 is 49.4 Å². The first-order valence-corrected chi connectivity index (χ1v) is 9.09. The largest absolute Gasteiger partial charge is 0.496 e.